The maximum Gasteiger partial charge on any atom is 0.326 e. The van der Waals surface area contributed by atoms with E-state index >= 15 is 0 Å². The number of nitriles is 1. The van der Waals surface area contributed by atoms with Gasteiger partial charge in [0.2, 0.25) is 0 Å². The molecule has 1 amide bonds. The SMILES string of the molecule is COc1ccc2c(O[C@@H]3C[C@@H](C(=O)O)N(C(=O)[C@@H](Oc4cccc(C#N)c4)C4CCCCC4)C3)cc(-c3nc(C(C)C)cs3)nc2c1C. The summed E-state index contributed by atoms with van der Waals surface area (Å²) in [5.41, 5.74) is 3.61. The maximum atomic E-state index is 14.3. The van der Waals surface area contributed by atoms with Gasteiger partial charge in [0, 0.05) is 34.7 Å². The van der Waals surface area contributed by atoms with Gasteiger partial charge in [0.05, 0.1) is 36.5 Å². The third-order valence-electron chi connectivity index (χ3n) is 9.37. The molecule has 1 aliphatic carbocycles. The molecule has 0 radical (unpaired) electrons. The molecule has 3 atom stereocenters. The lowest BCUT2D eigenvalue weighted by Crippen LogP contribution is -2.50. The van der Waals surface area contributed by atoms with Crippen LogP contribution in [0.1, 0.15) is 75.1 Å². The van der Waals surface area contributed by atoms with Crippen LogP contribution in [0.3, 0.4) is 0 Å². The standard InChI is InChI=1S/C37H40N4O6S/c1-21(2)29-20-48-35(40-29)28-17-32(27-13-14-31(45-4)22(3)33(27)39-28)46-26-16-30(37(43)44)41(19-26)36(42)34(24-10-6-5-7-11-24)47-25-12-8-9-23(15-25)18-38/h8-9,12-15,17,20-21,24,26,30,34H,5-7,10-11,16,19H2,1-4H3,(H,43,44)/t26-,30+,34+/m1/s1. The maximum absolute atomic E-state index is 14.3. The van der Waals surface area contributed by atoms with E-state index in [9.17, 15) is 20.0 Å². The fraction of sp³-hybridized carbons (Fsp3) is 0.432. The topological polar surface area (TPSA) is 135 Å². The Morgan fingerprint density at radius 3 is 2.56 bits per heavy atom. The van der Waals surface area contributed by atoms with Crippen LogP contribution in [0.2, 0.25) is 0 Å². The molecule has 2 aromatic carbocycles. The number of amides is 1. The van der Waals surface area contributed by atoms with Crippen LogP contribution in [0.15, 0.2) is 47.8 Å². The van der Waals surface area contributed by atoms with E-state index in [2.05, 4.69) is 19.9 Å². The predicted octanol–water partition coefficient (Wildman–Crippen LogP) is 7.13. The fourth-order valence-corrected chi connectivity index (χ4v) is 7.69. The minimum atomic E-state index is -1.09. The number of ether oxygens (including phenoxy) is 3. The summed E-state index contributed by atoms with van der Waals surface area (Å²) in [6.07, 6.45) is 3.31. The number of carboxylic acid groups (broad SMARTS) is 1. The number of nitrogens with zero attached hydrogens (tertiary/aromatic N) is 4. The van der Waals surface area contributed by atoms with Crippen LogP contribution < -0.4 is 14.2 Å². The van der Waals surface area contributed by atoms with E-state index in [0.717, 1.165) is 53.8 Å². The molecule has 2 aliphatic rings. The number of benzene rings is 2. The molecule has 1 N–H and O–H groups in total. The van der Waals surface area contributed by atoms with Crippen molar-refractivity contribution in [3.05, 3.63) is 64.7 Å². The number of thiazole rings is 1. The summed E-state index contributed by atoms with van der Waals surface area (Å²) in [5.74, 6) is 0.392. The summed E-state index contributed by atoms with van der Waals surface area (Å²) in [6, 6.07) is 13.4. The smallest absolute Gasteiger partial charge is 0.326 e. The van der Waals surface area contributed by atoms with Crippen LogP contribution in [0, 0.1) is 24.2 Å². The van der Waals surface area contributed by atoms with Crippen molar-refractivity contribution in [2.75, 3.05) is 13.7 Å². The lowest BCUT2D eigenvalue weighted by molar-refractivity contribution is -0.153. The van der Waals surface area contributed by atoms with E-state index in [-0.39, 0.29) is 30.7 Å². The average Bonchev–Trinajstić information content (AvgIpc) is 3.76. The summed E-state index contributed by atoms with van der Waals surface area (Å²) in [6.45, 7) is 6.21. The number of carboxylic acids is 1. The number of likely N-dealkylation sites (tertiary alicyclic amines) is 1. The van der Waals surface area contributed by atoms with Crippen molar-refractivity contribution in [2.24, 2.45) is 5.92 Å². The first-order valence-corrected chi connectivity index (χ1v) is 17.4. The Bertz CT molecular complexity index is 1860. The van der Waals surface area contributed by atoms with Gasteiger partial charge in [-0.05, 0) is 56.0 Å². The average molecular weight is 669 g/mol. The zero-order chi connectivity index (χ0) is 33.9. The number of fused-ring (bicyclic) bond motifs is 1. The van der Waals surface area contributed by atoms with E-state index in [4.69, 9.17) is 24.2 Å². The van der Waals surface area contributed by atoms with E-state index < -0.39 is 24.2 Å². The Balaban J connectivity index is 1.32. The second kappa shape index (κ2) is 14.2. The van der Waals surface area contributed by atoms with Gasteiger partial charge >= 0.3 is 5.97 Å². The molecule has 2 aromatic heterocycles. The molecule has 0 unspecified atom stereocenters. The van der Waals surface area contributed by atoms with Crippen LogP contribution >= 0.6 is 11.3 Å². The minimum absolute atomic E-state index is 0.0647. The quantitative estimate of drug-likeness (QED) is 0.187. The van der Waals surface area contributed by atoms with Crippen LogP contribution in [-0.4, -0.2) is 63.8 Å². The molecular weight excluding hydrogens is 628 g/mol. The predicted molar refractivity (Wildman–Crippen MR) is 183 cm³/mol. The molecule has 10 nitrogen and oxygen atoms in total. The Hall–Kier alpha value is -4.69. The van der Waals surface area contributed by atoms with Crippen molar-refractivity contribution in [1.29, 1.82) is 5.26 Å². The number of rotatable bonds is 10. The molecule has 0 spiro atoms. The number of hydrogen-bond acceptors (Lipinski definition) is 9. The van der Waals surface area contributed by atoms with E-state index in [1.807, 2.05) is 30.5 Å². The molecule has 1 saturated carbocycles. The Morgan fingerprint density at radius 2 is 1.88 bits per heavy atom. The third-order valence-corrected chi connectivity index (χ3v) is 10.3. The molecule has 48 heavy (non-hydrogen) atoms. The van der Waals surface area contributed by atoms with E-state index in [1.54, 1.807) is 31.4 Å². The van der Waals surface area contributed by atoms with Gasteiger partial charge in [-0.15, -0.1) is 11.3 Å². The zero-order valence-electron chi connectivity index (χ0n) is 27.6. The summed E-state index contributed by atoms with van der Waals surface area (Å²) in [5, 5.41) is 23.3. The van der Waals surface area contributed by atoms with Crippen LogP contribution in [0.4, 0.5) is 0 Å². The highest BCUT2D eigenvalue weighted by Gasteiger charge is 2.45. The fourth-order valence-electron chi connectivity index (χ4n) is 6.75. The molecule has 3 heterocycles. The van der Waals surface area contributed by atoms with Gasteiger partial charge in [-0.3, -0.25) is 4.79 Å². The van der Waals surface area contributed by atoms with Crippen molar-refractivity contribution in [2.45, 2.75) is 83.5 Å². The van der Waals surface area contributed by atoms with Crippen molar-refractivity contribution >= 4 is 34.1 Å². The summed E-state index contributed by atoms with van der Waals surface area (Å²) < 4.78 is 18.5. The Morgan fingerprint density at radius 1 is 1.08 bits per heavy atom. The van der Waals surface area contributed by atoms with Crippen molar-refractivity contribution in [3.63, 3.8) is 0 Å². The largest absolute Gasteiger partial charge is 0.496 e. The van der Waals surface area contributed by atoms with Crippen molar-refractivity contribution in [3.8, 4) is 34.0 Å². The number of aromatic nitrogens is 2. The number of aliphatic carboxylic acids is 1. The molecule has 2 fully saturated rings. The van der Waals surface area contributed by atoms with E-state index in [1.165, 1.54) is 16.2 Å². The molecular formula is C37H40N4O6S. The summed E-state index contributed by atoms with van der Waals surface area (Å²) >= 11 is 1.51. The molecule has 11 heteroatoms. The van der Waals surface area contributed by atoms with Gasteiger partial charge in [-0.25, -0.2) is 14.8 Å². The van der Waals surface area contributed by atoms with Crippen molar-refractivity contribution in [1.82, 2.24) is 14.9 Å². The van der Waals surface area contributed by atoms with Gasteiger partial charge < -0.3 is 24.2 Å². The summed E-state index contributed by atoms with van der Waals surface area (Å²) in [4.78, 5) is 38.1. The highest BCUT2D eigenvalue weighted by Crippen LogP contribution is 2.38. The minimum Gasteiger partial charge on any atom is -0.496 e. The van der Waals surface area contributed by atoms with Gasteiger partial charge in [0.15, 0.2) is 6.10 Å². The van der Waals surface area contributed by atoms with Gasteiger partial charge in [0.25, 0.3) is 5.91 Å². The second-order valence-electron chi connectivity index (χ2n) is 12.9. The normalized spacial score (nSPS) is 18.9. The van der Waals surface area contributed by atoms with Crippen LogP contribution in [-0.2, 0) is 9.59 Å². The number of methoxy groups -OCH3 is 1. The third kappa shape index (κ3) is 6.81. The molecule has 250 valence electrons. The first kappa shape index (κ1) is 33.2. The number of carbonyl (C=O) groups is 2. The van der Waals surface area contributed by atoms with Gasteiger partial charge in [0.1, 0.15) is 40.1 Å². The van der Waals surface area contributed by atoms with Gasteiger partial charge in [-0.1, -0.05) is 39.2 Å². The zero-order valence-corrected chi connectivity index (χ0v) is 28.5. The first-order chi connectivity index (χ1) is 23.2. The molecule has 0 bridgehead atoms. The van der Waals surface area contributed by atoms with Gasteiger partial charge in [-0.2, -0.15) is 5.26 Å². The van der Waals surface area contributed by atoms with E-state index in [0.29, 0.717) is 34.0 Å². The lowest BCUT2D eigenvalue weighted by atomic mass is 9.84. The molecule has 4 aromatic rings. The lowest BCUT2D eigenvalue weighted by Gasteiger charge is -2.33. The monoisotopic (exact) mass is 668 g/mol. The number of aryl methyl sites for hydroxylation is 1. The number of carbonyl (C=O) groups excluding carboxylic acids is 1. The highest BCUT2D eigenvalue weighted by atomic mass is 32.1. The first-order valence-electron chi connectivity index (χ1n) is 16.5. The highest BCUT2D eigenvalue weighted by molar-refractivity contribution is 7.13. The van der Waals surface area contributed by atoms with Crippen LogP contribution in [0.25, 0.3) is 21.6 Å². The number of pyridine rings is 1. The van der Waals surface area contributed by atoms with Crippen molar-refractivity contribution < 1.29 is 28.9 Å². The Labute approximate surface area is 284 Å². The second-order valence-corrected chi connectivity index (χ2v) is 13.8. The number of hydrogen-bond donors (Lipinski definition) is 1. The molecule has 1 aliphatic heterocycles. The summed E-state index contributed by atoms with van der Waals surface area (Å²) in [7, 11) is 1.62. The Kier molecular flexibility index (Phi) is 9.83. The van der Waals surface area contributed by atoms with Crippen LogP contribution in [0.5, 0.6) is 17.2 Å². The molecule has 1 saturated heterocycles. The molecule has 6 rings (SSSR count).